The molecule has 148 valence electrons. The Morgan fingerprint density at radius 3 is 2.69 bits per heavy atom. The van der Waals surface area contributed by atoms with Crippen molar-refractivity contribution in [2.45, 2.75) is 17.3 Å². The number of aromatic nitrogens is 4. The Bertz CT molecular complexity index is 1120. The van der Waals surface area contributed by atoms with E-state index >= 15 is 0 Å². The number of para-hydroxylation sites is 1. The Morgan fingerprint density at radius 1 is 1.21 bits per heavy atom. The lowest BCUT2D eigenvalue weighted by Crippen LogP contribution is -2.23. The minimum Gasteiger partial charge on any atom is -0.497 e. The number of anilines is 1. The molecule has 0 bridgehead atoms. The highest BCUT2D eigenvalue weighted by molar-refractivity contribution is 8.00. The van der Waals surface area contributed by atoms with Gasteiger partial charge in [0, 0.05) is 5.56 Å². The summed E-state index contributed by atoms with van der Waals surface area (Å²) in [5, 5.41) is 11.7. The number of fused-ring (bicyclic) bond motifs is 1. The molecule has 0 fully saturated rings. The van der Waals surface area contributed by atoms with Crippen LogP contribution in [-0.2, 0) is 4.79 Å². The summed E-state index contributed by atoms with van der Waals surface area (Å²) in [4.78, 5) is 17.0. The number of thiazole rings is 1. The molecule has 29 heavy (non-hydrogen) atoms. The number of nitrogens with two attached hydrogens (primary N) is 1. The van der Waals surface area contributed by atoms with Gasteiger partial charge in [0.05, 0.1) is 22.6 Å². The van der Waals surface area contributed by atoms with Gasteiger partial charge in [0.1, 0.15) is 5.75 Å². The molecule has 0 aliphatic heterocycles. The molecule has 4 rings (SSSR count). The summed E-state index contributed by atoms with van der Waals surface area (Å²) in [6.45, 7) is 1.79. The molecule has 2 aromatic heterocycles. The predicted molar refractivity (Wildman–Crippen MR) is 116 cm³/mol. The van der Waals surface area contributed by atoms with Gasteiger partial charge in [-0.05, 0) is 43.3 Å². The van der Waals surface area contributed by atoms with E-state index in [4.69, 9.17) is 10.6 Å². The zero-order valence-electron chi connectivity index (χ0n) is 15.7. The van der Waals surface area contributed by atoms with Crippen molar-refractivity contribution in [3.05, 3.63) is 48.5 Å². The van der Waals surface area contributed by atoms with Gasteiger partial charge in [-0.15, -0.1) is 10.2 Å². The third-order valence-corrected chi connectivity index (χ3v) is 6.20. The van der Waals surface area contributed by atoms with Crippen LogP contribution in [0.1, 0.15) is 6.92 Å². The summed E-state index contributed by atoms with van der Waals surface area (Å²) >= 11 is 2.67. The molecule has 0 saturated carbocycles. The number of nitrogens with zero attached hydrogens (tertiary/aromatic N) is 4. The number of carbonyl (C=O) groups excluding carboxylic acids is 1. The number of methoxy groups -OCH3 is 1. The normalized spacial score (nSPS) is 12.1. The van der Waals surface area contributed by atoms with Gasteiger partial charge in [-0.3, -0.25) is 4.79 Å². The van der Waals surface area contributed by atoms with E-state index in [1.807, 2.05) is 48.5 Å². The average molecular weight is 427 g/mol. The molecule has 0 aliphatic rings. The number of nitrogens with one attached hydrogen (secondary N) is 1. The molecule has 3 N–H and O–H groups in total. The van der Waals surface area contributed by atoms with E-state index in [0.717, 1.165) is 21.5 Å². The summed E-state index contributed by atoms with van der Waals surface area (Å²) in [6, 6.07) is 15.1. The molecule has 1 atom stereocenters. The van der Waals surface area contributed by atoms with Crippen LogP contribution in [-0.4, -0.2) is 38.1 Å². The van der Waals surface area contributed by atoms with Crippen LogP contribution in [0.3, 0.4) is 0 Å². The van der Waals surface area contributed by atoms with Gasteiger partial charge in [-0.1, -0.05) is 35.2 Å². The Balaban J connectivity index is 1.45. The Kier molecular flexibility index (Phi) is 5.36. The molecule has 2 heterocycles. The first kappa shape index (κ1) is 19.2. The maximum absolute atomic E-state index is 12.6. The second-order valence-electron chi connectivity index (χ2n) is 6.14. The van der Waals surface area contributed by atoms with Gasteiger partial charge in [-0.25, -0.2) is 9.66 Å². The molecule has 0 aliphatic carbocycles. The lowest BCUT2D eigenvalue weighted by molar-refractivity contribution is -0.115. The number of ether oxygens (including phenoxy) is 1. The van der Waals surface area contributed by atoms with Crippen molar-refractivity contribution in [1.82, 2.24) is 19.9 Å². The third-order valence-electron chi connectivity index (χ3n) is 4.19. The largest absolute Gasteiger partial charge is 0.497 e. The molecule has 1 unspecified atom stereocenters. The molecular formula is C19H18N6O2S2. The number of hydrogen-bond acceptors (Lipinski definition) is 8. The van der Waals surface area contributed by atoms with Crippen molar-refractivity contribution in [3.8, 4) is 17.1 Å². The smallest absolute Gasteiger partial charge is 0.239 e. The topological polar surface area (TPSA) is 108 Å². The molecule has 10 heteroatoms. The van der Waals surface area contributed by atoms with Crippen molar-refractivity contribution in [1.29, 1.82) is 0 Å². The summed E-state index contributed by atoms with van der Waals surface area (Å²) in [7, 11) is 1.61. The maximum atomic E-state index is 12.6. The van der Waals surface area contributed by atoms with Gasteiger partial charge >= 0.3 is 0 Å². The van der Waals surface area contributed by atoms with Gasteiger partial charge in [0.15, 0.2) is 11.0 Å². The van der Waals surface area contributed by atoms with Gasteiger partial charge in [0.25, 0.3) is 0 Å². The monoisotopic (exact) mass is 426 g/mol. The minimum atomic E-state index is -0.433. The number of hydrogen-bond donors (Lipinski definition) is 2. The number of nitrogen functional groups attached to an aromatic ring is 1. The van der Waals surface area contributed by atoms with Crippen LogP contribution in [0.4, 0.5) is 5.13 Å². The molecule has 0 saturated heterocycles. The highest BCUT2D eigenvalue weighted by atomic mass is 32.2. The number of rotatable bonds is 6. The van der Waals surface area contributed by atoms with Crippen molar-refractivity contribution in [3.63, 3.8) is 0 Å². The van der Waals surface area contributed by atoms with Crippen LogP contribution in [0, 0.1) is 0 Å². The lowest BCUT2D eigenvalue weighted by Gasteiger charge is -2.10. The number of thioether (sulfide) groups is 1. The standard InChI is InChI=1S/C19H18N6O2S2/c1-11(17(26)22-18-21-14-5-3-4-6-15(14)29-18)28-19-24-23-16(25(19)20)12-7-9-13(27-2)10-8-12/h3-11H,20H2,1-2H3,(H,21,22,26). The molecule has 2 aromatic carbocycles. The summed E-state index contributed by atoms with van der Waals surface area (Å²) in [5.74, 6) is 7.23. The van der Waals surface area contributed by atoms with E-state index in [1.54, 1.807) is 14.0 Å². The zero-order valence-corrected chi connectivity index (χ0v) is 17.3. The van der Waals surface area contributed by atoms with Crippen molar-refractivity contribution in [2.75, 3.05) is 18.3 Å². The highest BCUT2D eigenvalue weighted by Crippen LogP contribution is 2.28. The van der Waals surface area contributed by atoms with Crippen molar-refractivity contribution >= 4 is 44.4 Å². The van der Waals surface area contributed by atoms with E-state index in [9.17, 15) is 4.79 Å². The first-order valence-corrected chi connectivity index (χ1v) is 10.4. The van der Waals surface area contributed by atoms with Crippen LogP contribution in [0.25, 0.3) is 21.6 Å². The van der Waals surface area contributed by atoms with E-state index in [-0.39, 0.29) is 5.91 Å². The molecule has 4 aromatic rings. The van der Waals surface area contributed by atoms with E-state index in [1.165, 1.54) is 27.8 Å². The van der Waals surface area contributed by atoms with E-state index < -0.39 is 5.25 Å². The number of carbonyl (C=O) groups is 1. The van der Waals surface area contributed by atoms with E-state index in [0.29, 0.717) is 16.1 Å². The maximum Gasteiger partial charge on any atom is 0.239 e. The molecule has 0 radical (unpaired) electrons. The molecule has 8 nitrogen and oxygen atoms in total. The van der Waals surface area contributed by atoms with Crippen molar-refractivity contribution < 1.29 is 9.53 Å². The fourth-order valence-corrected chi connectivity index (χ4v) is 4.28. The second kappa shape index (κ2) is 8.10. The highest BCUT2D eigenvalue weighted by Gasteiger charge is 2.21. The average Bonchev–Trinajstić information content (AvgIpc) is 3.31. The first-order chi connectivity index (χ1) is 14.0. The minimum absolute atomic E-state index is 0.178. The van der Waals surface area contributed by atoms with Crippen LogP contribution in [0.5, 0.6) is 5.75 Å². The SMILES string of the molecule is COc1ccc(-c2nnc(SC(C)C(=O)Nc3nc4ccccc4s3)n2N)cc1. The fraction of sp³-hybridized carbons (Fsp3) is 0.158. The summed E-state index contributed by atoms with van der Waals surface area (Å²) in [5.41, 5.74) is 1.66. The third kappa shape index (κ3) is 4.03. The Labute approximate surface area is 175 Å². The van der Waals surface area contributed by atoms with Gasteiger partial charge in [0.2, 0.25) is 11.1 Å². The molecule has 0 spiro atoms. The van der Waals surface area contributed by atoms with Gasteiger partial charge < -0.3 is 15.9 Å². The number of benzene rings is 2. The van der Waals surface area contributed by atoms with Gasteiger partial charge in [-0.2, -0.15) is 0 Å². The predicted octanol–water partition coefficient (Wildman–Crippen LogP) is 3.40. The quantitative estimate of drug-likeness (QED) is 0.359. The first-order valence-electron chi connectivity index (χ1n) is 8.73. The number of amides is 1. The van der Waals surface area contributed by atoms with Crippen LogP contribution in [0.2, 0.25) is 0 Å². The van der Waals surface area contributed by atoms with Crippen molar-refractivity contribution in [2.24, 2.45) is 0 Å². The lowest BCUT2D eigenvalue weighted by atomic mass is 10.2. The molecular weight excluding hydrogens is 408 g/mol. The summed E-state index contributed by atoms with van der Waals surface area (Å²) in [6.07, 6.45) is 0. The molecule has 1 amide bonds. The van der Waals surface area contributed by atoms with E-state index in [2.05, 4.69) is 20.5 Å². The van der Waals surface area contributed by atoms with Crippen LogP contribution in [0.15, 0.2) is 53.7 Å². The van der Waals surface area contributed by atoms with Crippen LogP contribution < -0.4 is 15.9 Å². The fourth-order valence-electron chi connectivity index (χ4n) is 2.64. The van der Waals surface area contributed by atoms with Crippen LogP contribution >= 0.6 is 23.1 Å². The summed E-state index contributed by atoms with van der Waals surface area (Å²) < 4.78 is 7.57. The Morgan fingerprint density at radius 2 is 1.97 bits per heavy atom. The zero-order chi connectivity index (χ0) is 20.4. The Hall–Kier alpha value is -3.11. The second-order valence-corrected chi connectivity index (χ2v) is 8.48.